The summed E-state index contributed by atoms with van der Waals surface area (Å²) in [6, 6.07) is 8.56. The summed E-state index contributed by atoms with van der Waals surface area (Å²) in [6.45, 7) is 0. The van der Waals surface area contributed by atoms with Gasteiger partial charge >= 0.3 is 6.18 Å². The Bertz CT molecular complexity index is 1110. The van der Waals surface area contributed by atoms with Gasteiger partial charge in [-0.05, 0) is 30.7 Å². The lowest BCUT2D eigenvalue weighted by atomic mass is 10.1. The van der Waals surface area contributed by atoms with Crippen LogP contribution in [0.2, 0.25) is 0 Å². The van der Waals surface area contributed by atoms with Gasteiger partial charge in [0.1, 0.15) is 23.2 Å². The van der Waals surface area contributed by atoms with Crippen molar-refractivity contribution in [3.63, 3.8) is 0 Å². The SMILES string of the molecule is N#CC(=Cc1ccc(-c2cccc(C(F)(F)F)c2)o1)C(=O)NC1CCS(=O)(=O)C1. The number of benzene rings is 1. The minimum absolute atomic E-state index is 0.0257. The number of nitrogens with zero attached hydrogens (tertiary/aromatic N) is 1. The molecule has 10 heteroatoms. The second-order valence-corrected chi connectivity index (χ2v) is 8.75. The molecule has 1 saturated heterocycles. The molecule has 3 rings (SSSR count). The van der Waals surface area contributed by atoms with Crippen molar-refractivity contribution in [1.29, 1.82) is 5.26 Å². The van der Waals surface area contributed by atoms with Gasteiger partial charge < -0.3 is 9.73 Å². The summed E-state index contributed by atoms with van der Waals surface area (Å²) >= 11 is 0. The first kappa shape index (κ1) is 20.7. The smallest absolute Gasteiger partial charge is 0.416 e. The summed E-state index contributed by atoms with van der Waals surface area (Å²) in [5.41, 5.74) is -0.940. The highest BCUT2D eigenvalue weighted by Crippen LogP contribution is 2.32. The summed E-state index contributed by atoms with van der Waals surface area (Å²) in [5.74, 6) is -0.711. The van der Waals surface area contributed by atoms with Gasteiger partial charge in [-0.2, -0.15) is 18.4 Å². The highest BCUT2D eigenvalue weighted by atomic mass is 32.2. The Labute approximate surface area is 164 Å². The van der Waals surface area contributed by atoms with Crippen LogP contribution in [0.4, 0.5) is 13.2 Å². The number of carbonyl (C=O) groups is 1. The number of hydrogen-bond acceptors (Lipinski definition) is 5. The Morgan fingerprint density at radius 1 is 1.28 bits per heavy atom. The molecule has 6 nitrogen and oxygen atoms in total. The van der Waals surface area contributed by atoms with Crippen molar-refractivity contribution in [2.45, 2.75) is 18.6 Å². The standard InChI is InChI=1S/C19H15F3N2O4S/c20-19(21,22)14-3-1-2-12(8-14)17-5-4-16(28-17)9-13(10-23)18(25)24-15-6-7-29(26,27)11-15/h1-5,8-9,15H,6-7,11H2,(H,24,25). The molecule has 1 unspecified atom stereocenters. The van der Waals surface area contributed by atoms with E-state index in [9.17, 15) is 31.6 Å². The van der Waals surface area contributed by atoms with Crippen LogP contribution in [0.1, 0.15) is 17.7 Å². The van der Waals surface area contributed by atoms with Crippen LogP contribution in [0.5, 0.6) is 0 Å². The fourth-order valence-electron chi connectivity index (χ4n) is 2.90. The monoisotopic (exact) mass is 424 g/mol. The molecule has 1 aliphatic rings. The van der Waals surface area contributed by atoms with Crippen LogP contribution < -0.4 is 5.32 Å². The van der Waals surface area contributed by atoms with E-state index in [-0.39, 0.29) is 40.6 Å². The molecule has 1 aromatic heterocycles. The molecule has 1 atom stereocenters. The Hall–Kier alpha value is -3.06. The first-order valence-electron chi connectivity index (χ1n) is 8.48. The number of rotatable bonds is 4. The molecular formula is C19H15F3N2O4S. The van der Waals surface area contributed by atoms with Crippen molar-refractivity contribution >= 4 is 21.8 Å². The maximum Gasteiger partial charge on any atom is 0.416 e. The summed E-state index contributed by atoms with van der Waals surface area (Å²) in [5, 5.41) is 11.7. The van der Waals surface area contributed by atoms with E-state index < -0.39 is 33.5 Å². The lowest BCUT2D eigenvalue weighted by Gasteiger charge is -2.09. The molecule has 1 amide bonds. The number of nitriles is 1. The molecular weight excluding hydrogens is 409 g/mol. The number of nitrogens with one attached hydrogen (secondary N) is 1. The molecule has 29 heavy (non-hydrogen) atoms. The number of furan rings is 1. The van der Waals surface area contributed by atoms with Crippen molar-refractivity contribution in [3.8, 4) is 17.4 Å². The van der Waals surface area contributed by atoms with Gasteiger partial charge in [0, 0.05) is 17.7 Å². The molecule has 0 radical (unpaired) electrons. The third-order valence-corrected chi connectivity index (χ3v) is 6.09. The van der Waals surface area contributed by atoms with Crippen molar-refractivity contribution in [2.75, 3.05) is 11.5 Å². The lowest BCUT2D eigenvalue weighted by molar-refractivity contribution is -0.137. The fourth-order valence-corrected chi connectivity index (χ4v) is 4.57. The summed E-state index contributed by atoms with van der Waals surface area (Å²) in [7, 11) is -3.19. The maximum absolute atomic E-state index is 12.9. The molecule has 0 aliphatic carbocycles. The van der Waals surface area contributed by atoms with E-state index in [1.54, 1.807) is 6.07 Å². The molecule has 1 aromatic carbocycles. The van der Waals surface area contributed by atoms with Crippen molar-refractivity contribution in [1.82, 2.24) is 5.32 Å². The van der Waals surface area contributed by atoms with Crippen LogP contribution in [-0.2, 0) is 20.8 Å². The summed E-state index contributed by atoms with van der Waals surface area (Å²) in [6.07, 6.45) is -3.08. The molecule has 152 valence electrons. The summed E-state index contributed by atoms with van der Waals surface area (Å²) < 4.78 is 66.9. The van der Waals surface area contributed by atoms with E-state index in [0.717, 1.165) is 18.2 Å². The number of alkyl halides is 3. The van der Waals surface area contributed by atoms with Crippen LogP contribution >= 0.6 is 0 Å². The van der Waals surface area contributed by atoms with Gasteiger partial charge in [0.15, 0.2) is 9.84 Å². The first-order valence-corrected chi connectivity index (χ1v) is 10.3. The number of amides is 1. The van der Waals surface area contributed by atoms with Gasteiger partial charge in [0.2, 0.25) is 0 Å². The average Bonchev–Trinajstić information content (AvgIpc) is 3.25. The predicted octanol–water partition coefficient (Wildman–Crippen LogP) is 3.18. The Kier molecular flexibility index (Phi) is 5.53. The zero-order valence-corrected chi connectivity index (χ0v) is 15.7. The predicted molar refractivity (Wildman–Crippen MR) is 97.9 cm³/mol. The van der Waals surface area contributed by atoms with Crippen molar-refractivity contribution < 1.29 is 30.8 Å². The Morgan fingerprint density at radius 2 is 2.03 bits per heavy atom. The number of halogens is 3. The van der Waals surface area contributed by atoms with Gasteiger partial charge in [-0.15, -0.1) is 0 Å². The molecule has 2 heterocycles. The largest absolute Gasteiger partial charge is 0.457 e. The Balaban J connectivity index is 1.78. The number of carbonyl (C=O) groups excluding carboxylic acids is 1. The topological polar surface area (TPSA) is 100 Å². The maximum atomic E-state index is 12.9. The zero-order chi connectivity index (χ0) is 21.2. The van der Waals surface area contributed by atoms with Crippen molar-refractivity contribution in [3.05, 3.63) is 53.3 Å². The van der Waals surface area contributed by atoms with E-state index in [2.05, 4.69) is 5.32 Å². The van der Waals surface area contributed by atoms with E-state index in [0.29, 0.717) is 0 Å². The third kappa shape index (κ3) is 5.06. The lowest BCUT2D eigenvalue weighted by Crippen LogP contribution is -2.36. The van der Waals surface area contributed by atoms with Gasteiger partial charge in [0.25, 0.3) is 5.91 Å². The molecule has 0 spiro atoms. The van der Waals surface area contributed by atoms with E-state index in [1.807, 2.05) is 0 Å². The average molecular weight is 424 g/mol. The second kappa shape index (κ2) is 7.75. The first-order chi connectivity index (χ1) is 13.6. The van der Waals surface area contributed by atoms with Crippen LogP contribution in [0.25, 0.3) is 17.4 Å². The third-order valence-electron chi connectivity index (χ3n) is 4.32. The van der Waals surface area contributed by atoms with Crippen molar-refractivity contribution in [2.24, 2.45) is 0 Å². The van der Waals surface area contributed by atoms with E-state index >= 15 is 0 Å². The zero-order valence-electron chi connectivity index (χ0n) is 14.9. The number of sulfone groups is 1. The second-order valence-electron chi connectivity index (χ2n) is 6.52. The van der Waals surface area contributed by atoms with Gasteiger partial charge in [0.05, 0.1) is 17.1 Å². The van der Waals surface area contributed by atoms with Gasteiger partial charge in [-0.25, -0.2) is 8.42 Å². The normalized spacial score (nSPS) is 19.0. The molecule has 0 bridgehead atoms. The summed E-state index contributed by atoms with van der Waals surface area (Å²) in [4.78, 5) is 12.2. The quantitative estimate of drug-likeness (QED) is 0.600. The fraction of sp³-hybridized carbons (Fsp3) is 0.263. The molecule has 1 aliphatic heterocycles. The highest BCUT2D eigenvalue weighted by molar-refractivity contribution is 7.91. The van der Waals surface area contributed by atoms with Crippen LogP contribution in [0, 0.1) is 11.3 Å². The molecule has 0 saturated carbocycles. The Morgan fingerprint density at radius 3 is 2.66 bits per heavy atom. The van der Waals surface area contributed by atoms with Gasteiger partial charge in [-0.1, -0.05) is 12.1 Å². The minimum Gasteiger partial charge on any atom is -0.457 e. The minimum atomic E-state index is -4.49. The van der Waals surface area contributed by atoms with Gasteiger partial charge in [-0.3, -0.25) is 4.79 Å². The highest BCUT2D eigenvalue weighted by Gasteiger charge is 2.31. The molecule has 2 aromatic rings. The van der Waals surface area contributed by atoms with E-state index in [4.69, 9.17) is 4.42 Å². The van der Waals surface area contributed by atoms with Crippen LogP contribution in [0.15, 0.2) is 46.4 Å². The van der Waals surface area contributed by atoms with Crippen LogP contribution in [0.3, 0.4) is 0 Å². The molecule has 1 N–H and O–H groups in total. The molecule has 1 fully saturated rings. The number of hydrogen-bond donors (Lipinski definition) is 1. The van der Waals surface area contributed by atoms with Crippen LogP contribution in [-0.4, -0.2) is 31.9 Å². The van der Waals surface area contributed by atoms with E-state index in [1.165, 1.54) is 24.3 Å².